The second kappa shape index (κ2) is 8.97. The Hall–Kier alpha value is -2.17. The average Bonchev–Trinajstić information content (AvgIpc) is 2.52. The van der Waals surface area contributed by atoms with Gasteiger partial charge >= 0.3 is 22.3 Å². The molecule has 0 spiro atoms. The number of aliphatic hydroxyl groups excluding tert-OH is 1. The zero-order chi connectivity index (χ0) is 20.0. The molecule has 0 aliphatic carbocycles. The first-order chi connectivity index (χ1) is 12.0. The van der Waals surface area contributed by atoms with Crippen LogP contribution in [-0.4, -0.2) is 55.3 Å². The zero-order valence-electron chi connectivity index (χ0n) is 15.1. The van der Waals surface area contributed by atoms with Crippen molar-refractivity contribution in [3.8, 4) is 0 Å². The molecule has 1 aromatic carbocycles. The minimum Gasteiger partial charge on any atom is -0.468 e. The first-order valence-electron chi connectivity index (χ1n) is 7.75. The highest BCUT2D eigenvalue weighted by atomic mass is 32.2. The molecule has 26 heavy (non-hydrogen) atoms. The monoisotopic (exact) mass is 388 g/mol. The Kier molecular flexibility index (Phi) is 7.54. The van der Waals surface area contributed by atoms with E-state index < -0.39 is 40.5 Å². The zero-order valence-corrected chi connectivity index (χ0v) is 15.9. The van der Waals surface area contributed by atoms with Crippen LogP contribution in [0.5, 0.6) is 0 Å². The van der Waals surface area contributed by atoms with E-state index in [4.69, 9.17) is 4.74 Å². The number of amides is 1. The summed E-state index contributed by atoms with van der Waals surface area (Å²) < 4.78 is 37.2. The molecule has 146 valence electrons. The third kappa shape index (κ3) is 6.62. The molecule has 0 unspecified atom stereocenters. The maximum absolute atomic E-state index is 12.6. The number of aliphatic hydroxyl groups is 1. The Morgan fingerprint density at radius 1 is 1.23 bits per heavy atom. The number of nitrogens with zero attached hydrogens (tertiary/aromatic N) is 1. The molecule has 9 nitrogen and oxygen atoms in total. The summed E-state index contributed by atoms with van der Waals surface area (Å²) in [5.74, 6) is -0.960. The molecule has 0 aliphatic rings. The Labute approximate surface area is 153 Å². The van der Waals surface area contributed by atoms with Crippen LogP contribution in [0.2, 0.25) is 0 Å². The van der Waals surface area contributed by atoms with Gasteiger partial charge in [0.25, 0.3) is 0 Å². The molecule has 0 saturated carbocycles. The summed E-state index contributed by atoms with van der Waals surface area (Å²) in [5.41, 5.74) is -0.368. The first kappa shape index (κ1) is 21.9. The van der Waals surface area contributed by atoms with E-state index in [1.807, 2.05) is 0 Å². The fraction of sp³-hybridized carbons (Fsp3) is 0.500. The molecular weight excluding hydrogens is 364 g/mol. The Morgan fingerprint density at radius 2 is 1.81 bits per heavy atom. The number of hydrogen-bond donors (Lipinski definition) is 2. The maximum Gasteiger partial charge on any atom is 0.422 e. The van der Waals surface area contributed by atoms with Gasteiger partial charge in [-0.05, 0) is 26.3 Å². The van der Waals surface area contributed by atoms with Gasteiger partial charge in [-0.3, -0.25) is 4.79 Å². The largest absolute Gasteiger partial charge is 0.468 e. The van der Waals surface area contributed by atoms with Crippen molar-refractivity contribution in [1.29, 1.82) is 0 Å². The van der Waals surface area contributed by atoms with Crippen LogP contribution >= 0.6 is 0 Å². The summed E-state index contributed by atoms with van der Waals surface area (Å²) in [4.78, 5) is 23.8. The van der Waals surface area contributed by atoms with Crippen molar-refractivity contribution < 1.29 is 32.6 Å². The number of benzene rings is 1. The van der Waals surface area contributed by atoms with Gasteiger partial charge in [-0.1, -0.05) is 30.3 Å². The molecule has 1 aromatic rings. The minimum atomic E-state index is -4.51. The molecule has 1 atom stereocenters. The van der Waals surface area contributed by atoms with Crippen LogP contribution in [-0.2, 0) is 31.0 Å². The smallest absolute Gasteiger partial charge is 0.422 e. The third-order valence-electron chi connectivity index (χ3n) is 3.09. The van der Waals surface area contributed by atoms with Crippen molar-refractivity contribution in [2.75, 3.05) is 13.7 Å². The number of esters is 1. The predicted octanol–water partition coefficient (Wildman–Crippen LogP) is 0.792. The van der Waals surface area contributed by atoms with Crippen molar-refractivity contribution in [3.63, 3.8) is 0 Å². The summed E-state index contributed by atoms with van der Waals surface area (Å²) >= 11 is 0. The first-order valence-corrected chi connectivity index (χ1v) is 9.19. The number of hydrogen-bond acceptors (Lipinski definition) is 7. The van der Waals surface area contributed by atoms with Gasteiger partial charge in [0.1, 0.15) is 11.6 Å². The summed E-state index contributed by atoms with van der Waals surface area (Å²) in [6.45, 7) is 3.64. The second-order valence-corrected chi connectivity index (χ2v) is 7.98. The molecule has 0 radical (unpaired) electrons. The topological polar surface area (TPSA) is 122 Å². The SMILES string of the molecule is COC(=O)[C@H](CO)N(Cc1ccccc1)S(=O)(=O)NC(=O)OC(C)(C)C. The number of nitrogens with one attached hydrogen (secondary N) is 1. The van der Waals surface area contributed by atoms with Crippen molar-refractivity contribution in [3.05, 3.63) is 35.9 Å². The van der Waals surface area contributed by atoms with Crippen LogP contribution in [0.3, 0.4) is 0 Å². The van der Waals surface area contributed by atoms with Gasteiger partial charge in [0.15, 0.2) is 0 Å². The molecule has 1 amide bonds. The Morgan fingerprint density at radius 3 is 2.27 bits per heavy atom. The summed E-state index contributed by atoms with van der Waals surface area (Å²) in [6, 6.07) is 6.87. The van der Waals surface area contributed by atoms with Gasteiger partial charge in [0.05, 0.1) is 13.7 Å². The van der Waals surface area contributed by atoms with Gasteiger partial charge < -0.3 is 14.6 Å². The van der Waals surface area contributed by atoms with E-state index in [-0.39, 0.29) is 6.54 Å². The van der Waals surface area contributed by atoms with Crippen LogP contribution in [0, 0.1) is 0 Å². The highest BCUT2D eigenvalue weighted by Crippen LogP contribution is 2.15. The van der Waals surface area contributed by atoms with E-state index in [0.29, 0.717) is 9.87 Å². The number of methoxy groups -OCH3 is 1. The molecule has 0 aromatic heterocycles. The van der Waals surface area contributed by atoms with Gasteiger partial charge in [-0.25, -0.2) is 9.52 Å². The fourth-order valence-electron chi connectivity index (χ4n) is 2.01. The van der Waals surface area contributed by atoms with Crippen LogP contribution in [0.1, 0.15) is 26.3 Å². The molecule has 0 aliphatic heterocycles. The van der Waals surface area contributed by atoms with E-state index in [1.165, 1.54) is 0 Å². The Balaban J connectivity index is 3.16. The quantitative estimate of drug-likeness (QED) is 0.662. The highest BCUT2D eigenvalue weighted by Gasteiger charge is 2.37. The molecule has 1 rings (SSSR count). The number of carbonyl (C=O) groups is 2. The summed E-state index contributed by atoms with van der Waals surface area (Å²) in [5, 5.41) is 9.51. The van der Waals surface area contributed by atoms with Gasteiger partial charge in [0, 0.05) is 6.54 Å². The molecule has 0 heterocycles. The molecule has 0 bridgehead atoms. The molecule has 10 heteroatoms. The number of ether oxygens (including phenoxy) is 2. The summed E-state index contributed by atoms with van der Waals surface area (Å²) in [7, 11) is -3.44. The number of carbonyl (C=O) groups excluding carboxylic acids is 2. The van der Waals surface area contributed by atoms with E-state index in [1.54, 1.807) is 55.8 Å². The van der Waals surface area contributed by atoms with Crippen LogP contribution < -0.4 is 4.72 Å². The standard InChI is InChI=1S/C16H24N2O7S/c1-16(2,3)25-15(21)17-26(22,23)18(13(11-19)14(20)24-4)10-12-8-6-5-7-9-12/h5-9,13,19H,10-11H2,1-4H3,(H,17,21)/t13-/m0/s1. The van der Waals surface area contributed by atoms with E-state index >= 15 is 0 Å². The fourth-order valence-corrected chi connectivity index (χ4v) is 3.18. The van der Waals surface area contributed by atoms with Crippen LogP contribution in [0.4, 0.5) is 4.79 Å². The lowest BCUT2D eigenvalue weighted by molar-refractivity contribution is -0.146. The van der Waals surface area contributed by atoms with Gasteiger partial charge in [0.2, 0.25) is 0 Å². The highest BCUT2D eigenvalue weighted by molar-refractivity contribution is 7.87. The molecule has 0 saturated heterocycles. The van der Waals surface area contributed by atoms with Crippen molar-refractivity contribution in [2.45, 2.75) is 39.0 Å². The summed E-state index contributed by atoms with van der Waals surface area (Å²) in [6.07, 6.45) is -1.20. The van der Waals surface area contributed by atoms with E-state index in [0.717, 1.165) is 7.11 Å². The van der Waals surface area contributed by atoms with E-state index in [2.05, 4.69) is 4.74 Å². The van der Waals surface area contributed by atoms with Gasteiger partial charge in [-0.2, -0.15) is 12.7 Å². The van der Waals surface area contributed by atoms with Crippen LogP contribution in [0.15, 0.2) is 30.3 Å². The lowest BCUT2D eigenvalue weighted by Crippen LogP contribution is -2.53. The number of rotatable bonds is 7. The molecule has 2 N–H and O–H groups in total. The van der Waals surface area contributed by atoms with Gasteiger partial charge in [-0.15, -0.1) is 0 Å². The molecule has 0 fully saturated rings. The van der Waals surface area contributed by atoms with Crippen molar-refractivity contribution in [2.24, 2.45) is 0 Å². The second-order valence-electron chi connectivity index (χ2n) is 6.36. The predicted molar refractivity (Wildman–Crippen MR) is 93.2 cm³/mol. The molecular formula is C16H24N2O7S. The maximum atomic E-state index is 12.6. The minimum absolute atomic E-state index is 0.265. The third-order valence-corrected chi connectivity index (χ3v) is 4.52. The average molecular weight is 388 g/mol. The lowest BCUT2D eigenvalue weighted by atomic mass is 10.2. The van der Waals surface area contributed by atoms with Crippen molar-refractivity contribution >= 4 is 22.3 Å². The van der Waals surface area contributed by atoms with Crippen LogP contribution in [0.25, 0.3) is 0 Å². The normalized spacial score (nSPS) is 13.2. The van der Waals surface area contributed by atoms with E-state index in [9.17, 15) is 23.1 Å². The van der Waals surface area contributed by atoms with Crippen molar-refractivity contribution in [1.82, 2.24) is 9.03 Å². The Bertz CT molecular complexity index is 714. The lowest BCUT2D eigenvalue weighted by Gasteiger charge is -2.28.